The molecule has 0 spiro atoms. The van der Waals surface area contributed by atoms with E-state index in [1.807, 2.05) is 73.7 Å². The van der Waals surface area contributed by atoms with E-state index in [4.69, 9.17) is 14.2 Å². The highest BCUT2D eigenvalue weighted by Gasteiger charge is 2.15. The summed E-state index contributed by atoms with van der Waals surface area (Å²) >= 11 is 1.64. The summed E-state index contributed by atoms with van der Waals surface area (Å²) in [6.45, 7) is 7.27. The van der Waals surface area contributed by atoms with Gasteiger partial charge in [0.25, 0.3) is 0 Å². The van der Waals surface area contributed by atoms with Crippen molar-refractivity contribution in [1.82, 2.24) is 9.97 Å². The van der Waals surface area contributed by atoms with Crippen molar-refractivity contribution in [2.45, 2.75) is 57.4 Å². The van der Waals surface area contributed by atoms with Gasteiger partial charge in [0.2, 0.25) is 0 Å². The van der Waals surface area contributed by atoms with Gasteiger partial charge in [-0.1, -0.05) is 86.6 Å². The number of para-hydroxylation sites is 1. The lowest BCUT2D eigenvalue weighted by atomic mass is 10.0. The maximum absolute atomic E-state index is 10.9. The molecule has 2 N–H and O–H groups in total. The third kappa shape index (κ3) is 7.97. The SMILES string of the molecule is CCCc1c(OCCCOc2cc(O)c(-c3cnc(SCc4ccccc4)[nH]3)cc2CC)cccc1Oc1ccccc1C. The van der Waals surface area contributed by atoms with Gasteiger partial charge in [-0.15, -0.1) is 0 Å². The van der Waals surface area contributed by atoms with Crippen molar-refractivity contribution in [3.8, 4) is 40.0 Å². The number of aromatic nitrogens is 2. The van der Waals surface area contributed by atoms with Crippen LogP contribution in [0.3, 0.4) is 0 Å². The lowest BCUT2D eigenvalue weighted by Gasteiger charge is -2.17. The highest BCUT2D eigenvalue weighted by Crippen LogP contribution is 2.37. The van der Waals surface area contributed by atoms with Crippen LogP contribution in [-0.2, 0) is 18.6 Å². The maximum Gasteiger partial charge on any atom is 0.166 e. The number of hydrogen-bond acceptors (Lipinski definition) is 6. The molecule has 0 aliphatic rings. The Morgan fingerprint density at radius 1 is 0.818 bits per heavy atom. The Balaban J connectivity index is 1.17. The normalized spacial score (nSPS) is 11.0. The van der Waals surface area contributed by atoms with Gasteiger partial charge in [0, 0.05) is 29.4 Å². The minimum absolute atomic E-state index is 0.159. The second-order valence-electron chi connectivity index (χ2n) is 10.6. The Morgan fingerprint density at radius 3 is 2.32 bits per heavy atom. The van der Waals surface area contributed by atoms with Crippen LogP contribution in [0.2, 0.25) is 0 Å². The summed E-state index contributed by atoms with van der Waals surface area (Å²) in [6.07, 6.45) is 5.09. The Bertz CT molecular complexity index is 1650. The second-order valence-corrected chi connectivity index (χ2v) is 11.6. The molecule has 0 aliphatic heterocycles. The smallest absolute Gasteiger partial charge is 0.166 e. The highest BCUT2D eigenvalue weighted by molar-refractivity contribution is 7.98. The molecular weight excluding hydrogens is 568 g/mol. The lowest BCUT2D eigenvalue weighted by Crippen LogP contribution is -2.07. The number of rotatable bonds is 15. The number of aromatic hydroxyl groups is 1. The zero-order valence-corrected chi connectivity index (χ0v) is 26.5. The monoisotopic (exact) mass is 608 g/mol. The number of aryl methyl sites for hydroxylation is 2. The van der Waals surface area contributed by atoms with Crippen molar-refractivity contribution in [3.63, 3.8) is 0 Å². The summed E-state index contributed by atoms with van der Waals surface area (Å²) in [7, 11) is 0. The molecule has 6 nitrogen and oxygen atoms in total. The number of nitrogens with one attached hydrogen (secondary N) is 1. The van der Waals surface area contributed by atoms with Crippen molar-refractivity contribution in [1.29, 1.82) is 0 Å². The van der Waals surface area contributed by atoms with Crippen LogP contribution >= 0.6 is 11.8 Å². The fourth-order valence-corrected chi connectivity index (χ4v) is 5.77. The van der Waals surface area contributed by atoms with Crippen LogP contribution < -0.4 is 14.2 Å². The van der Waals surface area contributed by atoms with E-state index in [0.717, 1.165) is 69.8 Å². The van der Waals surface area contributed by atoms with E-state index in [1.165, 1.54) is 5.56 Å². The van der Waals surface area contributed by atoms with Crippen LogP contribution in [0.25, 0.3) is 11.3 Å². The molecule has 0 atom stereocenters. The van der Waals surface area contributed by atoms with Crippen molar-refractivity contribution in [2.24, 2.45) is 0 Å². The van der Waals surface area contributed by atoms with Gasteiger partial charge in [-0.3, -0.25) is 0 Å². The topological polar surface area (TPSA) is 76.6 Å². The lowest BCUT2D eigenvalue weighted by molar-refractivity contribution is 0.244. The number of nitrogens with zero attached hydrogens (tertiary/aromatic N) is 1. The molecule has 0 amide bonds. The number of aromatic amines is 1. The van der Waals surface area contributed by atoms with Gasteiger partial charge >= 0.3 is 0 Å². The number of ether oxygens (including phenoxy) is 3. The van der Waals surface area contributed by atoms with Gasteiger partial charge in [0.15, 0.2) is 5.16 Å². The molecular formula is C37H40N2O4S. The Kier molecular flexibility index (Phi) is 10.9. The number of phenols is 1. The summed E-state index contributed by atoms with van der Waals surface area (Å²) in [5.41, 5.74) is 5.93. The zero-order valence-electron chi connectivity index (χ0n) is 25.6. The molecule has 5 rings (SSSR count). The number of phenolic OH excluding ortho intramolecular Hbond substituents is 1. The number of hydrogen-bond donors (Lipinski definition) is 2. The van der Waals surface area contributed by atoms with Gasteiger partial charge in [0.05, 0.1) is 25.1 Å². The van der Waals surface area contributed by atoms with E-state index in [2.05, 4.69) is 35.9 Å². The summed E-state index contributed by atoms with van der Waals surface area (Å²) < 4.78 is 18.6. The molecule has 0 saturated carbocycles. The zero-order chi connectivity index (χ0) is 30.7. The molecule has 4 aromatic carbocycles. The summed E-state index contributed by atoms with van der Waals surface area (Å²) in [5.74, 6) is 4.19. The standard InChI is InChI=1S/C37H40N2O4S/c1-4-13-29-34(18-11-19-35(29)43-33-17-10-9-14-26(33)3)41-20-12-21-42-36-23-32(40)30(22-28(36)5-2)31-24-38-37(39-31)44-25-27-15-7-6-8-16-27/h6-11,14-19,22-24,40H,4-5,12-13,20-21,25H2,1-3H3,(H,38,39). The van der Waals surface area contributed by atoms with Crippen LogP contribution in [-0.4, -0.2) is 28.3 Å². The highest BCUT2D eigenvalue weighted by atomic mass is 32.2. The van der Waals surface area contributed by atoms with Gasteiger partial charge in [-0.25, -0.2) is 4.98 Å². The molecule has 1 aromatic heterocycles. The Labute approximate surface area is 264 Å². The number of thioether (sulfide) groups is 1. The number of imidazole rings is 1. The first-order valence-corrected chi connectivity index (χ1v) is 16.2. The molecule has 0 aliphatic carbocycles. The summed E-state index contributed by atoms with van der Waals surface area (Å²) in [6, 6.07) is 28.0. The minimum atomic E-state index is 0.159. The van der Waals surface area contributed by atoms with Crippen molar-refractivity contribution < 1.29 is 19.3 Å². The average molecular weight is 609 g/mol. The molecule has 7 heteroatoms. The molecule has 228 valence electrons. The van der Waals surface area contributed by atoms with Gasteiger partial charge in [0.1, 0.15) is 28.7 Å². The maximum atomic E-state index is 10.9. The van der Waals surface area contributed by atoms with Gasteiger partial charge in [-0.2, -0.15) is 0 Å². The van der Waals surface area contributed by atoms with Crippen LogP contribution in [0, 0.1) is 6.92 Å². The average Bonchev–Trinajstić information content (AvgIpc) is 3.51. The molecule has 0 radical (unpaired) electrons. The molecule has 0 unspecified atom stereocenters. The first-order chi connectivity index (χ1) is 21.6. The first kappa shape index (κ1) is 31.1. The van der Waals surface area contributed by atoms with Crippen molar-refractivity contribution >= 4 is 11.8 Å². The van der Waals surface area contributed by atoms with Crippen LogP contribution in [0.5, 0.6) is 28.7 Å². The van der Waals surface area contributed by atoms with E-state index < -0.39 is 0 Å². The second kappa shape index (κ2) is 15.4. The Morgan fingerprint density at radius 2 is 1.55 bits per heavy atom. The van der Waals surface area contributed by atoms with Crippen LogP contribution in [0.1, 0.15) is 48.9 Å². The number of benzene rings is 4. The van der Waals surface area contributed by atoms with E-state index >= 15 is 0 Å². The van der Waals surface area contributed by atoms with Crippen molar-refractivity contribution in [3.05, 3.63) is 113 Å². The fourth-order valence-electron chi connectivity index (χ4n) is 4.96. The van der Waals surface area contributed by atoms with E-state index in [1.54, 1.807) is 24.0 Å². The number of H-pyrrole nitrogens is 1. The first-order valence-electron chi connectivity index (χ1n) is 15.2. The molecule has 0 bridgehead atoms. The van der Waals surface area contributed by atoms with Crippen molar-refractivity contribution in [2.75, 3.05) is 13.2 Å². The summed E-state index contributed by atoms with van der Waals surface area (Å²) in [4.78, 5) is 7.86. The third-order valence-electron chi connectivity index (χ3n) is 7.33. The Hall–Kier alpha value is -4.36. The van der Waals surface area contributed by atoms with Gasteiger partial charge in [-0.05, 0) is 60.7 Å². The predicted molar refractivity (Wildman–Crippen MR) is 178 cm³/mol. The molecule has 0 fully saturated rings. The van der Waals surface area contributed by atoms with Crippen LogP contribution in [0.15, 0.2) is 96.3 Å². The molecule has 1 heterocycles. The van der Waals surface area contributed by atoms with E-state index in [9.17, 15) is 5.11 Å². The van der Waals surface area contributed by atoms with Gasteiger partial charge < -0.3 is 24.3 Å². The predicted octanol–water partition coefficient (Wildman–Crippen LogP) is 9.54. The molecule has 5 aromatic rings. The quantitative estimate of drug-likeness (QED) is 0.0911. The fraction of sp³-hybridized carbons (Fsp3) is 0.270. The minimum Gasteiger partial charge on any atom is -0.507 e. The largest absolute Gasteiger partial charge is 0.507 e. The van der Waals surface area contributed by atoms with E-state index in [-0.39, 0.29) is 5.75 Å². The summed E-state index contributed by atoms with van der Waals surface area (Å²) in [5, 5.41) is 11.7. The molecule has 44 heavy (non-hydrogen) atoms. The molecule has 0 saturated heterocycles. The third-order valence-corrected chi connectivity index (χ3v) is 8.29. The van der Waals surface area contributed by atoms with E-state index in [0.29, 0.717) is 30.9 Å². The van der Waals surface area contributed by atoms with Crippen LogP contribution in [0.4, 0.5) is 0 Å².